The molecule has 23 heavy (non-hydrogen) atoms. The molecule has 1 aromatic rings. The molecular weight excluding hydrogens is 292 g/mol. The number of nitrogens with zero attached hydrogens (tertiary/aromatic N) is 2. The number of amides is 1. The van der Waals surface area contributed by atoms with E-state index in [2.05, 4.69) is 15.6 Å². The average Bonchev–Trinajstić information content (AvgIpc) is 2.52. The molecule has 0 heterocycles. The van der Waals surface area contributed by atoms with Crippen molar-refractivity contribution >= 4 is 11.9 Å². The summed E-state index contributed by atoms with van der Waals surface area (Å²) in [5, 5.41) is 6.34. The summed E-state index contributed by atoms with van der Waals surface area (Å²) < 4.78 is 5.66. The van der Waals surface area contributed by atoms with Gasteiger partial charge in [-0.3, -0.25) is 9.79 Å². The van der Waals surface area contributed by atoms with Gasteiger partial charge in [-0.25, -0.2) is 0 Å². The number of hydrogen-bond donors (Lipinski definition) is 2. The summed E-state index contributed by atoms with van der Waals surface area (Å²) in [5.41, 5.74) is 1.21. The Morgan fingerprint density at radius 1 is 1.22 bits per heavy atom. The monoisotopic (exact) mass is 320 g/mol. The summed E-state index contributed by atoms with van der Waals surface area (Å²) in [6.45, 7) is 6.47. The van der Waals surface area contributed by atoms with E-state index in [0.717, 1.165) is 12.3 Å². The summed E-state index contributed by atoms with van der Waals surface area (Å²) in [4.78, 5) is 17.5. The van der Waals surface area contributed by atoms with Gasteiger partial charge in [-0.15, -0.1) is 0 Å². The van der Waals surface area contributed by atoms with Crippen LogP contribution in [-0.4, -0.2) is 57.1 Å². The van der Waals surface area contributed by atoms with E-state index in [1.165, 1.54) is 5.56 Å². The van der Waals surface area contributed by atoms with E-state index in [0.29, 0.717) is 32.1 Å². The lowest BCUT2D eigenvalue weighted by atomic mass is 10.2. The molecular formula is C17H28N4O2. The molecule has 6 heteroatoms. The minimum Gasteiger partial charge on any atom is -0.492 e. The van der Waals surface area contributed by atoms with Gasteiger partial charge in [0.15, 0.2) is 5.96 Å². The van der Waals surface area contributed by atoms with Crippen LogP contribution in [0, 0.1) is 6.92 Å². The van der Waals surface area contributed by atoms with E-state index >= 15 is 0 Å². The summed E-state index contributed by atoms with van der Waals surface area (Å²) >= 11 is 0. The maximum absolute atomic E-state index is 11.5. The molecule has 6 nitrogen and oxygen atoms in total. The van der Waals surface area contributed by atoms with Crippen molar-refractivity contribution in [2.75, 3.05) is 40.3 Å². The zero-order chi connectivity index (χ0) is 17.1. The summed E-state index contributed by atoms with van der Waals surface area (Å²) in [6, 6.07) is 7.97. The van der Waals surface area contributed by atoms with Gasteiger partial charge in [0.05, 0.1) is 13.1 Å². The standard InChI is InChI=1S/C17H28N4O2/c1-5-18-17(19-11-10-16(22)21(3)4)20-12-13-23-15-8-6-14(2)7-9-15/h6-9H,5,10-13H2,1-4H3,(H2,18,19,20). The van der Waals surface area contributed by atoms with Gasteiger partial charge in [-0.2, -0.15) is 0 Å². The predicted octanol–water partition coefficient (Wildman–Crippen LogP) is 1.41. The first-order valence-electron chi connectivity index (χ1n) is 7.94. The first-order chi connectivity index (χ1) is 11.0. The normalized spacial score (nSPS) is 11.0. The van der Waals surface area contributed by atoms with E-state index in [1.54, 1.807) is 19.0 Å². The van der Waals surface area contributed by atoms with Gasteiger partial charge < -0.3 is 20.3 Å². The third-order valence-electron chi connectivity index (χ3n) is 3.12. The van der Waals surface area contributed by atoms with E-state index < -0.39 is 0 Å². The Balaban J connectivity index is 2.31. The Morgan fingerprint density at radius 3 is 2.52 bits per heavy atom. The molecule has 1 aromatic carbocycles. The number of aliphatic imine (C=N–C) groups is 1. The molecule has 0 fully saturated rings. The quantitative estimate of drug-likeness (QED) is 0.432. The Hall–Kier alpha value is -2.24. The smallest absolute Gasteiger partial charge is 0.223 e. The molecule has 0 aliphatic rings. The van der Waals surface area contributed by atoms with Crippen molar-refractivity contribution in [2.45, 2.75) is 20.3 Å². The molecule has 0 unspecified atom stereocenters. The number of hydrogen-bond acceptors (Lipinski definition) is 3. The van der Waals surface area contributed by atoms with Gasteiger partial charge in [0.2, 0.25) is 5.91 Å². The molecule has 0 aliphatic heterocycles. The van der Waals surface area contributed by atoms with Crippen molar-refractivity contribution in [3.63, 3.8) is 0 Å². The van der Waals surface area contributed by atoms with Crippen LogP contribution in [0.1, 0.15) is 18.9 Å². The first-order valence-corrected chi connectivity index (χ1v) is 7.94. The zero-order valence-electron chi connectivity index (χ0n) is 14.6. The lowest BCUT2D eigenvalue weighted by Gasteiger charge is -2.13. The average molecular weight is 320 g/mol. The molecule has 0 aromatic heterocycles. The summed E-state index contributed by atoms with van der Waals surface area (Å²) in [5.74, 6) is 1.63. The first kappa shape index (κ1) is 18.8. The van der Waals surface area contributed by atoms with Gasteiger partial charge in [-0.05, 0) is 26.0 Å². The SMILES string of the molecule is CCNC(=NCCC(=O)N(C)C)NCCOc1ccc(C)cc1. The van der Waals surface area contributed by atoms with E-state index in [-0.39, 0.29) is 5.91 Å². The zero-order valence-corrected chi connectivity index (χ0v) is 14.6. The van der Waals surface area contributed by atoms with Gasteiger partial charge in [0, 0.05) is 27.1 Å². The van der Waals surface area contributed by atoms with E-state index in [4.69, 9.17) is 4.74 Å². The van der Waals surface area contributed by atoms with Crippen molar-refractivity contribution in [1.82, 2.24) is 15.5 Å². The second kappa shape index (κ2) is 10.5. The topological polar surface area (TPSA) is 66.0 Å². The highest BCUT2D eigenvalue weighted by molar-refractivity contribution is 5.80. The number of carbonyl (C=O) groups excluding carboxylic acids is 1. The number of benzene rings is 1. The van der Waals surface area contributed by atoms with Crippen molar-refractivity contribution < 1.29 is 9.53 Å². The molecule has 0 bridgehead atoms. The van der Waals surface area contributed by atoms with E-state index in [9.17, 15) is 4.79 Å². The van der Waals surface area contributed by atoms with Gasteiger partial charge in [0.25, 0.3) is 0 Å². The Labute approximate surface area is 138 Å². The minimum absolute atomic E-state index is 0.0762. The molecule has 0 spiro atoms. The van der Waals surface area contributed by atoms with Gasteiger partial charge >= 0.3 is 0 Å². The number of nitrogens with one attached hydrogen (secondary N) is 2. The molecule has 1 amide bonds. The van der Waals surface area contributed by atoms with Crippen LogP contribution >= 0.6 is 0 Å². The fraction of sp³-hybridized carbons (Fsp3) is 0.529. The van der Waals surface area contributed by atoms with Crippen LogP contribution in [0.4, 0.5) is 0 Å². The van der Waals surface area contributed by atoms with Crippen molar-refractivity contribution in [2.24, 2.45) is 4.99 Å². The predicted molar refractivity (Wildman–Crippen MR) is 94.0 cm³/mol. The number of guanidine groups is 1. The fourth-order valence-electron chi connectivity index (χ4n) is 1.80. The third kappa shape index (κ3) is 8.09. The number of ether oxygens (including phenoxy) is 1. The fourth-order valence-corrected chi connectivity index (χ4v) is 1.80. The maximum atomic E-state index is 11.5. The number of carbonyl (C=O) groups is 1. The molecule has 0 aliphatic carbocycles. The largest absolute Gasteiger partial charge is 0.492 e. The van der Waals surface area contributed by atoms with Crippen molar-refractivity contribution in [3.05, 3.63) is 29.8 Å². The Bertz CT molecular complexity index is 498. The van der Waals surface area contributed by atoms with Crippen LogP contribution in [0.15, 0.2) is 29.3 Å². The van der Waals surface area contributed by atoms with Crippen LogP contribution in [0.25, 0.3) is 0 Å². The summed E-state index contributed by atoms with van der Waals surface area (Å²) in [6.07, 6.45) is 0.406. The Kier molecular flexibility index (Phi) is 8.57. The van der Waals surface area contributed by atoms with Gasteiger partial charge in [0.1, 0.15) is 12.4 Å². The van der Waals surface area contributed by atoms with Crippen LogP contribution in [0.5, 0.6) is 5.75 Å². The lowest BCUT2D eigenvalue weighted by Crippen LogP contribution is -2.39. The minimum atomic E-state index is 0.0762. The molecule has 0 saturated heterocycles. The second-order valence-electron chi connectivity index (χ2n) is 5.39. The maximum Gasteiger partial charge on any atom is 0.223 e. The second-order valence-corrected chi connectivity index (χ2v) is 5.39. The van der Waals surface area contributed by atoms with Crippen LogP contribution < -0.4 is 15.4 Å². The van der Waals surface area contributed by atoms with Crippen LogP contribution in [-0.2, 0) is 4.79 Å². The van der Waals surface area contributed by atoms with Crippen molar-refractivity contribution in [3.8, 4) is 5.75 Å². The number of aryl methyl sites for hydroxylation is 1. The number of rotatable bonds is 8. The summed E-state index contributed by atoms with van der Waals surface area (Å²) in [7, 11) is 3.50. The molecule has 0 radical (unpaired) electrons. The van der Waals surface area contributed by atoms with E-state index in [1.807, 2.05) is 38.1 Å². The van der Waals surface area contributed by atoms with Gasteiger partial charge in [-0.1, -0.05) is 17.7 Å². The molecule has 128 valence electrons. The molecule has 1 rings (SSSR count). The third-order valence-corrected chi connectivity index (χ3v) is 3.12. The molecule has 0 atom stereocenters. The molecule has 2 N–H and O–H groups in total. The highest BCUT2D eigenvalue weighted by Gasteiger charge is 2.03. The molecule has 0 saturated carbocycles. The van der Waals surface area contributed by atoms with Crippen LogP contribution in [0.2, 0.25) is 0 Å². The highest BCUT2D eigenvalue weighted by atomic mass is 16.5. The Morgan fingerprint density at radius 2 is 1.91 bits per heavy atom. The van der Waals surface area contributed by atoms with Crippen molar-refractivity contribution in [1.29, 1.82) is 0 Å². The lowest BCUT2D eigenvalue weighted by molar-refractivity contribution is -0.128. The highest BCUT2D eigenvalue weighted by Crippen LogP contribution is 2.10. The van der Waals surface area contributed by atoms with Crippen LogP contribution in [0.3, 0.4) is 0 Å².